The minimum Gasteiger partial charge on any atom is -0.493 e. The van der Waals surface area contributed by atoms with Crippen LogP contribution in [0.5, 0.6) is 17.2 Å². The van der Waals surface area contributed by atoms with Gasteiger partial charge in [-0.2, -0.15) is 0 Å². The number of aliphatic carboxylic acids is 2. The summed E-state index contributed by atoms with van der Waals surface area (Å²) >= 11 is 0. The Kier molecular flexibility index (Phi) is 8.04. The second-order valence-electron chi connectivity index (χ2n) is 7.25. The molecule has 2 aliphatic heterocycles. The van der Waals surface area contributed by atoms with Crippen molar-refractivity contribution in [2.75, 3.05) is 26.5 Å². The molecule has 0 aliphatic carbocycles. The summed E-state index contributed by atoms with van der Waals surface area (Å²) in [6.07, 6.45) is 2.14. The number of carboxylic acids is 2. The first-order chi connectivity index (χ1) is 15.4. The molecule has 0 radical (unpaired) electrons. The summed E-state index contributed by atoms with van der Waals surface area (Å²) in [5, 5.41) is 19.0. The number of carbonyl (C=O) groups is 2. The molecule has 2 atom stereocenters. The van der Waals surface area contributed by atoms with Crippen molar-refractivity contribution in [1.29, 1.82) is 0 Å². The fourth-order valence-corrected chi connectivity index (χ4v) is 3.56. The van der Waals surface area contributed by atoms with Gasteiger partial charge in [0.05, 0.1) is 6.61 Å². The molecule has 9 heteroatoms. The van der Waals surface area contributed by atoms with E-state index in [0.29, 0.717) is 30.6 Å². The number of hydrogen-bond acceptors (Lipinski definition) is 6. The van der Waals surface area contributed by atoms with Gasteiger partial charge >= 0.3 is 11.9 Å². The Morgan fingerprint density at radius 2 is 1.75 bits per heavy atom. The van der Waals surface area contributed by atoms with Crippen LogP contribution in [-0.4, -0.2) is 48.6 Å². The zero-order chi connectivity index (χ0) is 22.9. The van der Waals surface area contributed by atoms with Crippen LogP contribution in [0.25, 0.3) is 0 Å². The summed E-state index contributed by atoms with van der Waals surface area (Å²) in [4.78, 5) is 19.1. The Balaban J connectivity index is 0.000000312. The number of rotatable bonds is 6. The minimum absolute atomic E-state index is 0.194. The van der Waals surface area contributed by atoms with Crippen molar-refractivity contribution >= 4 is 11.9 Å². The van der Waals surface area contributed by atoms with Crippen LogP contribution in [0.4, 0.5) is 4.39 Å². The standard InChI is InChI=1S/C19H20FNO3.C4H4O4/c20-15-3-1-13(2-4-15)17-7-8-21-10-14(17)11-22-16-5-6-18-19(9-16)24-12-23-18;5-3(6)1-2-4(7)8/h1-6,9,14,17,21H,7-8,10-12H2;1-2H,(H,5,6)(H,7,8)/b;2-1-/t14-,17-;/m1./s1. The number of benzene rings is 2. The SMILES string of the molecule is Fc1ccc([C@H]2CCNC[C@@H]2COc2ccc3c(c2)OCO3)cc1.O=C(O)/C=C\C(=O)O. The molecule has 4 rings (SSSR count). The van der Waals surface area contributed by atoms with E-state index in [-0.39, 0.29) is 12.6 Å². The monoisotopic (exact) mass is 445 g/mol. The van der Waals surface area contributed by atoms with Crippen molar-refractivity contribution in [2.45, 2.75) is 12.3 Å². The van der Waals surface area contributed by atoms with Gasteiger partial charge in [0.15, 0.2) is 11.5 Å². The molecular formula is C23H24FNO7. The summed E-state index contributed by atoms with van der Waals surface area (Å²) in [6.45, 7) is 2.74. The molecule has 1 fully saturated rings. The Hall–Kier alpha value is -3.59. The maximum Gasteiger partial charge on any atom is 0.328 e. The zero-order valence-electron chi connectivity index (χ0n) is 17.2. The van der Waals surface area contributed by atoms with Gasteiger partial charge in [0, 0.05) is 30.7 Å². The molecule has 0 bridgehead atoms. The minimum atomic E-state index is -1.26. The quantitative estimate of drug-likeness (QED) is 0.582. The fraction of sp³-hybridized carbons (Fsp3) is 0.304. The number of halogens is 1. The lowest BCUT2D eigenvalue weighted by Crippen LogP contribution is -2.38. The molecule has 170 valence electrons. The van der Waals surface area contributed by atoms with Gasteiger partial charge in [0.2, 0.25) is 6.79 Å². The summed E-state index contributed by atoms with van der Waals surface area (Å²) in [6, 6.07) is 12.5. The van der Waals surface area contributed by atoms with E-state index in [0.717, 1.165) is 36.8 Å². The van der Waals surface area contributed by atoms with Crippen LogP contribution in [-0.2, 0) is 9.59 Å². The van der Waals surface area contributed by atoms with Crippen molar-refractivity contribution in [1.82, 2.24) is 5.32 Å². The Labute approximate surface area is 184 Å². The van der Waals surface area contributed by atoms with Gasteiger partial charge in [0.25, 0.3) is 0 Å². The topological polar surface area (TPSA) is 114 Å². The Morgan fingerprint density at radius 1 is 1.06 bits per heavy atom. The molecule has 2 heterocycles. The van der Waals surface area contributed by atoms with Crippen LogP contribution in [0.1, 0.15) is 17.9 Å². The molecule has 1 saturated heterocycles. The third-order valence-corrected chi connectivity index (χ3v) is 5.08. The van der Waals surface area contributed by atoms with Crippen LogP contribution in [0.15, 0.2) is 54.6 Å². The maximum atomic E-state index is 13.2. The van der Waals surface area contributed by atoms with E-state index in [2.05, 4.69) is 5.32 Å². The molecule has 0 amide bonds. The van der Waals surface area contributed by atoms with Crippen LogP contribution >= 0.6 is 0 Å². The van der Waals surface area contributed by atoms with Gasteiger partial charge in [-0.15, -0.1) is 0 Å². The molecular weight excluding hydrogens is 421 g/mol. The highest BCUT2D eigenvalue weighted by atomic mass is 19.1. The highest BCUT2D eigenvalue weighted by molar-refractivity contribution is 5.89. The molecule has 3 N–H and O–H groups in total. The third kappa shape index (κ3) is 6.71. The maximum absolute atomic E-state index is 13.2. The predicted octanol–water partition coefficient (Wildman–Crippen LogP) is 3.04. The van der Waals surface area contributed by atoms with Crippen molar-refractivity contribution in [3.8, 4) is 17.2 Å². The fourth-order valence-electron chi connectivity index (χ4n) is 3.56. The summed E-state index contributed by atoms with van der Waals surface area (Å²) < 4.78 is 29.9. The van der Waals surface area contributed by atoms with E-state index in [9.17, 15) is 14.0 Å². The van der Waals surface area contributed by atoms with E-state index >= 15 is 0 Å². The first kappa shape index (κ1) is 23.1. The van der Waals surface area contributed by atoms with Gasteiger partial charge in [-0.25, -0.2) is 14.0 Å². The lowest BCUT2D eigenvalue weighted by atomic mass is 9.81. The molecule has 0 aromatic heterocycles. The third-order valence-electron chi connectivity index (χ3n) is 5.08. The smallest absolute Gasteiger partial charge is 0.328 e. The average molecular weight is 445 g/mol. The molecule has 0 saturated carbocycles. The molecule has 2 aromatic rings. The van der Waals surface area contributed by atoms with Crippen LogP contribution in [0, 0.1) is 11.7 Å². The van der Waals surface area contributed by atoms with Crippen molar-refractivity contribution in [3.05, 3.63) is 66.0 Å². The van der Waals surface area contributed by atoms with Crippen LogP contribution in [0.3, 0.4) is 0 Å². The number of piperidine rings is 1. The first-order valence-electron chi connectivity index (χ1n) is 10.0. The molecule has 2 aliphatic rings. The Morgan fingerprint density at radius 3 is 2.44 bits per heavy atom. The van der Waals surface area contributed by atoms with E-state index in [1.54, 1.807) is 0 Å². The molecule has 0 spiro atoms. The number of nitrogens with one attached hydrogen (secondary N) is 1. The van der Waals surface area contributed by atoms with Crippen LogP contribution < -0.4 is 19.5 Å². The van der Waals surface area contributed by atoms with E-state index in [1.807, 2.05) is 30.3 Å². The highest BCUT2D eigenvalue weighted by Crippen LogP contribution is 2.36. The van der Waals surface area contributed by atoms with E-state index in [1.165, 1.54) is 17.7 Å². The lowest BCUT2D eigenvalue weighted by molar-refractivity contribution is -0.134. The highest BCUT2D eigenvalue weighted by Gasteiger charge is 2.27. The van der Waals surface area contributed by atoms with Crippen LogP contribution in [0.2, 0.25) is 0 Å². The van der Waals surface area contributed by atoms with Crippen molar-refractivity contribution < 1.29 is 38.4 Å². The van der Waals surface area contributed by atoms with Gasteiger partial charge in [-0.05, 0) is 48.7 Å². The summed E-state index contributed by atoms with van der Waals surface area (Å²) in [5.41, 5.74) is 1.18. The van der Waals surface area contributed by atoms with Gasteiger partial charge in [0.1, 0.15) is 11.6 Å². The Bertz CT molecular complexity index is 945. The van der Waals surface area contributed by atoms with Gasteiger partial charge < -0.3 is 29.7 Å². The molecule has 32 heavy (non-hydrogen) atoms. The summed E-state index contributed by atoms with van der Waals surface area (Å²) in [5.74, 6) is 0.272. The lowest BCUT2D eigenvalue weighted by Gasteiger charge is -2.32. The summed E-state index contributed by atoms with van der Waals surface area (Å²) in [7, 11) is 0. The zero-order valence-corrected chi connectivity index (χ0v) is 17.2. The van der Waals surface area contributed by atoms with Crippen molar-refractivity contribution in [2.24, 2.45) is 5.92 Å². The normalized spacial score (nSPS) is 19.2. The predicted molar refractivity (Wildman–Crippen MR) is 113 cm³/mol. The number of carboxylic acid groups (broad SMARTS) is 2. The molecule has 8 nitrogen and oxygen atoms in total. The van der Waals surface area contributed by atoms with Crippen molar-refractivity contribution in [3.63, 3.8) is 0 Å². The average Bonchev–Trinajstić information content (AvgIpc) is 3.25. The van der Waals surface area contributed by atoms with Gasteiger partial charge in [-0.3, -0.25) is 0 Å². The first-order valence-corrected chi connectivity index (χ1v) is 10.0. The number of hydrogen-bond donors (Lipinski definition) is 3. The van der Waals surface area contributed by atoms with Gasteiger partial charge in [-0.1, -0.05) is 12.1 Å². The molecule has 0 unspecified atom stereocenters. The number of ether oxygens (including phenoxy) is 3. The van der Waals surface area contributed by atoms with E-state index < -0.39 is 11.9 Å². The van der Waals surface area contributed by atoms with E-state index in [4.69, 9.17) is 24.4 Å². The molecule has 2 aromatic carbocycles. The second-order valence-corrected chi connectivity index (χ2v) is 7.25. The number of fused-ring (bicyclic) bond motifs is 1. The second kappa shape index (κ2) is 11.1. The largest absolute Gasteiger partial charge is 0.493 e.